The molecule has 0 N–H and O–H groups in total. The number of carbonyl (C=O) groups excluding carboxylic acids is 3. The van der Waals surface area contributed by atoms with Gasteiger partial charge in [0, 0.05) is 5.69 Å². The summed E-state index contributed by atoms with van der Waals surface area (Å²) in [5.74, 6) is -0.793. The van der Waals surface area contributed by atoms with Crippen LogP contribution in [0.25, 0.3) is 0 Å². The molecule has 134 valence electrons. The van der Waals surface area contributed by atoms with Gasteiger partial charge in [-0.2, -0.15) is 5.26 Å². The van der Waals surface area contributed by atoms with E-state index < -0.39 is 24.0 Å². The van der Waals surface area contributed by atoms with Crippen LogP contribution in [0.2, 0.25) is 5.02 Å². The van der Waals surface area contributed by atoms with Crippen LogP contribution in [0.1, 0.15) is 26.3 Å². The molecule has 0 saturated carbocycles. The molecule has 1 atom stereocenters. The van der Waals surface area contributed by atoms with Gasteiger partial charge in [0.15, 0.2) is 0 Å². The van der Waals surface area contributed by atoms with Crippen LogP contribution >= 0.6 is 11.6 Å². The molecule has 3 amide bonds. The monoisotopic (exact) mass is 381 g/mol. The summed E-state index contributed by atoms with van der Waals surface area (Å²) < 4.78 is 5.32. The van der Waals surface area contributed by atoms with Crippen LogP contribution < -0.4 is 4.90 Å². The number of hydrogen-bond acceptors (Lipinski definition) is 5. The third-order valence-electron chi connectivity index (χ3n) is 4.52. The fraction of sp³-hybridized carbons (Fsp3) is 0.158. The number of cyclic esters (lactones) is 1. The first-order valence-electron chi connectivity index (χ1n) is 8.12. The number of halogens is 1. The molecular formula is C19H12ClN3O4. The molecule has 0 aliphatic carbocycles. The summed E-state index contributed by atoms with van der Waals surface area (Å²) in [6, 6.07) is 13.2. The molecule has 2 aliphatic rings. The Labute approximate surface area is 159 Å². The van der Waals surface area contributed by atoms with Gasteiger partial charge in [-0.1, -0.05) is 23.7 Å². The average Bonchev–Trinajstić information content (AvgIpc) is 3.15. The molecule has 0 spiro atoms. The zero-order valence-electron chi connectivity index (χ0n) is 13.9. The van der Waals surface area contributed by atoms with Crippen LogP contribution in [0.5, 0.6) is 0 Å². The molecule has 2 heterocycles. The third kappa shape index (κ3) is 2.80. The van der Waals surface area contributed by atoms with Gasteiger partial charge < -0.3 is 4.74 Å². The van der Waals surface area contributed by atoms with Crippen LogP contribution in [0.3, 0.4) is 0 Å². The Morgan fingerprint density at radius 1 is 1.11 bits per heavy atom. The van der Waals surface area contributed by atoms with Gasteiger partial charge in [0.05, 0.1) is 34.8 Å². The molecule has 0 unspecified atom stereocenters. The second-order valence-corrected chi connectivity index (χ2v) is 6.57. The van der Waals surface area contributed by atoms with Crippen LogP contribution in [0.15, 0.2) is 42.5 Å². The van der Waals surface area contributed by atoms with Crippen LogP contribution in [-0.4, -0.2) is 42.0 Å². The summed E-state index contributed by atoms with van der Waals surface area (Å²) in [5.41, 5.74) is 1.48. The maximum Gasteiger partial charge on any atom is 0.414 e. The lowest BCUT2D eigenvalue weighted by molar-refractivity contribution is 0.0558. The van der Waals surface area contributed by atoms with Crippen LogP contribution in [-0.2, 0) is 4.74 Å². The largest absolute Gasteiger partial charge is 0.442 e. The Balaban J connectivity index is 1.51. The fourth-order valence-electron chi connectivity index (χ4n) is 3.20. The first-order valence-corrected chi connectivity index (χ1v) is 8.50. The van der Waals surface area contributed by atoms with Crippen LogP contribution in [0, 0.1) is 11.3 Å². The number of nitrogens with zero attached hydrogens (tertiary/aromatic N) is 3. The van der Waals surface area contributed by atoms with E-state index in [0.29, 0.717) is 22.4 Å². The molecule has 2 aliphatic heterocycles. The van der Waals surface area contributed by atoms with Gasteiger partial charge in [-0.15, -0.1) is 0 Å². The summed E-state index contributed by atoms with van der Waals surface area (Å²) in [4.78, 5) is 39.6. The molecule has 0 radical (unpaired) electrons. The van der Waals surface area contributed by atoms with Crippen molar-refractivity contribution in [3.05, 3.63) is 64.2 Å². The first kappa shape index (κ1) is 17.1. The molecule has 0 bridgehead atoms. The molecule has 1 fully saturated rings. The third-order valence-corrected chi connectivity index (χ3v) is 4.84. The summed E-state index contributed by atoms with van der Waals surface area (Å²) >= 11 is 6.02. The molecule has 27 heavy (non-hydrogen) atoms. The highest BCUT2D eigenvalue weighted by atomic mass is 35.5. The van der Waals surface area contributed by atoms with E-state index in [1.165, 1.54) is 17.0 Å². The lowest BCUT2D eigenvalue weighted by Gasteiger charge is -2.17. The van der Waals surface area contributed by atoms with Gasteiger partial charge >= 0.3 is 6.09 Å². The van der Waals surface area contributed by atoms with E-state index in [-0.39, 0.29) is 18.1 Å². The van der Waals surface area contributed by atoms with Gasteiger partial charge in [-0.05, 0) is 30.3 Å². The minimum Gasteiger partial charge on any atom is -0.442 e. The number of amides is 3. The van der Waals surface area contributed by atoms with E-state index in [1.807, 2.05) is 6.07 Å². The molecule has 2 aromatic rings. The van der Waals surface area contributed by atoms with Gasteiger partial charge in [0.25, 0.3) is 11.8 Å². The van der Waals surface area contributed by atoms with Crippen molar-refractivity contribution in [3.8, 4) is 6.07 Å². The van der Waals surface area contributed by atoms with Crippen molar-refractivity contribution in [2.24, 2.45) is 0 Å². The Hall–Kier alpha value is -3.37. The number of ether oxygens (including phenoxy) is 1. The highest BCUT2D eigenvalue weighted by Gasteiger charge is 2.40. The Morgan fingerprint density at radius 3 is 2.37 bits per heavy atom. The molecule has 0 aromatic heterocycles. The SMILES string of the molecule is N#Cc1ccc(N2C[C@H](CN3C(=O)c4ccccc4C3=O)OC2=O)cc1Cl. The lowest BCUT2D eigenvalue weighted by atomic mass is 10.1. The minimum atomic E-state index is -0.658. The van der Waals surface area contributed by atoms with E-state index >= 15 is 0 Å². The van der Waals surface area contributed by atoms with Crippen molar-refractivity contribution < 1.29 is 19.1 Å². The van der Waals surface area contributed by atoms with E-state index in [2.05, 4.69) is 0 Å². The number of rotatable bonds is 3. The molecular weight excluding hydrogens is 370 g/mol. The number of fused-ring (bicyclic) bond motifs is 1. The normalized spacial score (nSPS) is 18.5. The maximum absolute atomic E-state index is 12.4. The Morgan fingerprint density at radius 2 is 1.78 bits per heavy atom. The standard InChI is InChI=1S/C19H12ClN3O4/c20-16-7-12(6-5-11(16)8-21)22-9-13(27-19(22)26)10-23-17(24)14-3-1-2-4-15(14)18(23)25/h1-7,13H,9-10H2/t13-/m1/s1. The van der Waals surface area contributed by atoms with Crippen molar-refractivity contribution in [2.75, 3.05) is 18.0 Å². The van der Waals surface area contributed by atoms with Crippen molar-refractivity contribution in [1.29, 1.82) is 5.26 Å². The Bertz CT molecular complexity index is 995. The summed E-state index contributed by atoms with van der Waals surface area (Å²) in [5, 5.41) is 9.17. The van der Waals surface area contributed by atoms with Crippen molar-refractivity contribution >= 4 is 35.2 Å². The zero-order chi connectivity index (χ0) is 19.1. The average molecular weight is 382 g/mol. The van der Waals surface area contributed by atoms with Gasteiger partial charge in [-0.3, -0.25) is 19.4 Å². The Kier molecular flexibility index (Phi) is 4.05. The predicted molar refractivity (Wildman–Crippen MR) is 95.6 cm³/mol. The van der Waals surface area contributed by atoms with Crippen LogP contribution in [0.4, 0.5) is 10.5 Å². The number of nitriles is 1. The van der Waals surface area contributed by atoms with E-state index in [9.17, 15) is 14.4 Å². The van der Waals surface area contributed by atoms with Gasteiger partial charge in [0.1, 0.15) is 12.2 Å². The molecule has 7 nitrogen and oxygen atoms in total. The van der Waals surface area contributed by atoms with Crippen molar-refractivity contribution in [1.82, 2.24) is 4.90 Å². The highest BCUT2D eigenvalue weighted by Crippen LogP contribution is 2.28. The highest BCUT2D eigenvalue weighted by molar-refractivity contribution is 6.32. The number of hydrogen-bond donors (Lipinski definition) is 0. The summed E-state index contributed by atoms with van der Waals surface area (Å²) in [7, 11) is 0. The smallest absolute Gasteiger partial charge is 0.414 e. The summed E-state index contributed by atoms with van der Waals surface area (Å²) in [6.07, 6.45) is -1.26. The topological polar surface area (TPSA) is 90.7 Å². The fourth-order valence-corrected chi connectivity index (χ4v) is 3.42. The maximum atomic E-state index is 12.4. The van der Waals surface area contributed by atoms with Gasteiger partial charge in [-0.25, -0.2) is 4.79 Å². The molecule has 8 heteroatoms. The molecule has 4 rings (SSSR count). The van der Waals surface area contributed by atoms with E-state index in [4.69, 9.17) is 21.6 Å². The zero-order valence-corrected chi connectivity index (χ0v) is 14.6. The van der Waals surface area contributed by atoms with E-state index in [1.54, 1.807) is 30.3 Å². The number of imide groups is 1. The van der Waals surface area contributed by atoms with Gasteiger partial charge in [0.2, 0.25) is 0 Å². The molecule has 2 aromatic carbocycles. The second kappa shape index (κ2) is 6.41. The van der Waals surface area contributed by atoms with E-state index in [0.717, 1.165) is 4.90 Å². The lowest BCUT2D eigenvalue weighted by Crippen LogP contribution is -2.38. The molecule has 1 saturated heterocycles. The number of carbonyl (C=O) groups is 3. The number of anilines is 1. The van der Waals surface area contributed by atoms with Crippen molar-refractivity contribution in [2.45, 2.75) is 6.10 Å². The summed E-state index contributed by atoms with van der Waals surface area (Å²) in [6.45, 7) is 0.132. The quantitative estimate of drug-likeness (QED) is 0.762. The van der Waals surface area contributed by atoms with Crippen molar-refractivity contribution in [3.63, 3.8) is 0 Å². The minimum absolute atomic E-state index is 0.0292. The first-order chi connectivity index (χ1) is 13.0. The predicted octanol–water partition coefficient (Wildman–Crippen LogP) is 2.83. The number of benzene rings is 2. The second-order valence-electron chi connectivity index (χ2n) is 6.16.